The van der Waals surface area contributed by atoms with Crippen LogP contribution in [-0.4, -0.2) is 11.6 Å². The minimum atomic E-state index is -0.859. The first-order valence-electron chi connectivity index (χ1n) is 7.62. The predicted octanol–water partition coefficient (Wildman–Crippen LogP) is 5.05. The summed E-state index contributed by atoms with van der Waals surface area (Å²) >= 11 is 11.7. The molecule has 0 saturated carbocycles. The van der Waals surface area contributed by atoms with Crippen LogP contribution in [0.1, 0.15) is 33.2 Å². The van der Waals surface area contributed by atoms with E-state index >= 15 is 0 Å². The predicted molar refractivity (Wildman–Crippen MR) is 100 cm³/mol. The fourth-order valence-corrected chi connectivity index (χ4v) is 2.77. The van der Waals surface area contributed by atoms with Crippen molar-refractivity contribution in [2.24, 2.45) is 0 Å². The summed E-state index contributed by atoms with van der Waals surface area (Å²) in [7, 11) is 0. The van der Waals surface area contributed by atoms with E-state index in [1.165, 1.54) is 25.1 Å². The highest BCUT2D eigenvalue weighted by Gasteiger charge is 2.22. The van der Waals surface area contributed by atoms with Crippen molar-refractivity contribution in [2.45, 2.75) is 6.92 Å². The van der Waals surface area contributed by atoms with Crippen molar-refractivity contribution in [1.29, 1.82) is 0 Å². The minimum Gasteiger partial charge on any atom is -0.422 e. The molecule has 130 valence electrons. The molecule has 0 atom stereocenters. The first-order chi connectivity index (χ1) is 12.4. The highest BCUT2D eigenvalue weighted by molar-refractivity contribution is 6.31. The Kier molecular flexibility index (Phi) is 5.07. The quantitative estimate of drug-likeness (QED) is 0.588. The molecule has 0 aliphatic heterocycles. The van der Waals surface area contributed by atoms with Crippen molar-refractivity contribution in [2.75, 3.05) is 0 Å². The van der Waals surface area contributed by atoms with Crippen LogP contribution in [0.5, 0.6) is 0 Å². The topological polar surface area (TPSA) is 64.3 Å². The molecule has 3 rings (SSSR count). The van der Waals surface area contributed by atoms with Crippen LogP contribution in [0.4, 0.5) is 0 Å². The van der Waals surface area contributed by atoms with Crippen LogP contribution >= 0.6 is 23.2 Å². The SMILES string of the molecule is CC(=O)c1c(C(=O)c2ccc(Cl)cc2)cc(-c2ccc(Cl)cc2)oc1=O. The molecule has 0 aliphatic rings. The van der Waals surface area contributed by atoms with E-state index in [9.17, 15) is 14.4 Å². The second-order valence-electron chi connectivity index (χ2n) is 5.59. The average Bonchev–Trinajstić information content (AvgIpc) is 2.61. The molecule has 1 heterocycles. The number of carbonyl (C=O) groups excluding carboxylic acids is 2. The van der Waals surface area contributed by atoms with Crippen molar-refractivity contribution in [1.82, 2.24) is 0 Å². The Labute approximate surface area is 159 Å². The molecular formula is C20H12Cl2O4. The highest BCUT2D eigenvalue weighted by atomic mass is 35.5. The summed E-state index contributed by atoms with van der Waals surface area (Å²) in [4.78, 5) is 37.1. The van der Waals surface area contributed by atoms with Crippen molar-refractivity contribution < 1.29 is 14.0 Å². The van der Waals surface area contributed by atoms with Crippen LogP contribution < -0.4 is 5.63 Å². The number of ketones is 2. The molecule has 0 saturated heterocycles. The van der Waals surface area contributed by atoms with Gasteiger partial charge in [0.2, 0.25) is 0 Å². The highest BCUT2D eigenvalue weighted by Crippen LogP contribution is 2.24. The Hall–Kier alpha value is -2.69. The van der Waals surface area contributed by atoms with Crippen LogP contribution in [0.15, 0.2) is 63.8 Å². The minimum absolute atomic E-state index is 0.0129. The van der Waals surface area contributed by atoms with Crippen molar-refractivity contribution in [3.63, 3.8) is 0 Å². The lowest BCUT2D eigenvalue weighted by Gasteiger charge is -2.08. The number of halogens is 2. The molecule has 0 spiro atoms. The maximum atomic E-state index is 12.9. The van der Waals surface area contributed by atoms with E-state index in [4.69, 9.17) is 27.6 Å². The Balaban J connectivity index is 2.19. The number of carbonyl (C=O) groups is 2. The Morgan fingerprint density at radius 2 is 1.42 bits per heavy atom. The third kappa shape index (κ3) is 3.62. The zero-order chi connectivity index (χ0) is 18.8. The van der Waals surface area contributed by atoms with Gasteiger partial charge in [-0.2, -0.15) is 0 Å². The number of rotatable bonds is 4. The molecule has 0 amide bonds. The first kappa shape index (κ1) is 18.1. The average molecular weight is 387 g/mol. The van der Waals surface area contributed by atoms with E-state index in [1.54, 1.807) is 36.4 Å². The monoisotopic (exact) mass is 386 g/mol. The molecular weight excluding hydrogens is 375 g/mol. The lowest BCUT2D eigenvalue weighted by molar-refractivity contribution is 0.0986. The molecule has 0 aliphatic carbocycles. The van der Waals surface area contributed by atoms with Gasteiger partial charge in [-0.3, -0.25) is 9.59 Å². The Morgan fingerprint density at radius 1 is 0.885 bits per heavy atom. The number of benzene rings is 2. The summed E-state index contributed by atoms with van der Waals surface area (Å²) in [6.07, 6.45) is 0. The van der Waals surface area contributed by atoms with Gasteiger partial charge >= 0.3 is 5.63 Å². The van der Waals surface area contributed by atoms with Crippen LogP contribution in [0, 0.1) is 0 Å². The molecule has 0 N–H and O–H groups in total. The van der Waals surface area contributed by atoms with Gasteiger partial charge in [0.05, 0.1) is 0 Å². The fraction of sp³-hybridized carbons (Fsp3) is 0.0500. The zero-order valence-electron chi connectivity index (χ0n) is 13.6. The number of hydrogen-bond acceptors (Lipinski definition) is 4. The lowest BCUT2D eigenvalue weighted by atomic mass is 9.97. The van der Waals surface area contributed by atoms with Crippen molar-refractivity contribution in [3.05, 3.63) is 91.8 Å². The first-order valence-corrected chi connectivity index (χ1v) is 8.37. The summed E-state index contributed by atoms with van der Waals surface area (Å²) < 4.78 is 5.25. The van der Waals surface area contributed by atoms with Crippen molar-refractivity contribution >= 4 is 34.8 Å². The summed E-state index contributed by atoms with van der Waals surface area (Å²) in [5.74, 6) is -0.831. The molecule has 6 heteroatoms. The number of Topliss-reactive ketones (excluding diaryl/α,β-unsaturated/α-hetero) is 1. The van der Waals surface area contributed by atoms with Crippen molar-refractivity contribution in [3.8, 4) is 11.3 Å². The van der Waals surface area contributed by atoms with E-state index in [1.807, 2.05) is 0 Å². The molecule has 26 heavy (non-hydrogen) atoms. The Morgan fingerprint density at radius 3 is 1.96 bits per heavy atom. The normalized spacial score (nSPS) is 10.6. The largest absolute Gasteiger partial charge is 0.422 e. The van der Waals surface area contributed by atoms with Gasteiger partial charge in [0.15, 0.2) is 11.6 Å². The molecule has 0 unspecified atom stereocenters. The second-order valence-corrected chi connectivity index (χ2v) is 6.46. The summed E-state index contributed by atoms with van der Waals surface area (Å²) in [6.45, 7) is 1.22. The standard InChI is InChI=1S/C20H12Cl2O4/c1-11(23)18-16(19(24)13-4-8-15(22)9-5-13)10-17(26-20(18)25)12-2-6-14(21)7-3-12/h2-10H,1H3. The molecule has 3 aromatic rings. The summed E-state index contributed by atoms with van der Waals surface area (Å²) in [5, 5.41) is 0.997. The summed E-state index contributed by atoms with van der Waals surface area (Å²) in [5.41, 5.74) is -0.276. The zero-order valence-corrected chi connectivity index (χ0v) is 15.1. The second kappa shape index (κ2) is 7.28. The van der Waals surface area contributed by atoms with Gasteiger partial charge < -0.3 is 4.42 Å². The molecule has 0 bridgehead atoms. The van der Waals surface area contributed by atoms with Crippen LogP contribution in [-0.2, 0) is 0 Å². The third-order valence-electron chi connectivity index (χ3n) is 3.78. The van der Waals surface area contributed by atoms with Gasteiger partial charge in [-0.15, -0.1) is 0 Å². The molecule has 0 radical (unpaired) electrons. The van der Waals surface area contributed by atoms with Crippen LogP contribution in [0.3, 0.4) is 0 Å². The molecule has 4 nitrogen and oxygen atoms in total. The molecule has 1 aromatic heterocycles. The lowest BCUT2D eigenvalue weighted by Crippen LogP contribution is -2.19. The maximum Gasteiger partial charge on any atom is 0.347 e. The van der Waals surface area contributed by atoms with Gasteiger partial charge in [-0.05, 0) is 61.5 Å². The summed E-state index contributed by atoms with van der Waals surface area (Å²) in [6, 6.07) is 14.2. The molecule has 2 aromatic carbocycles. The molecule has 0 fully saturated rings. The smallest absolute Gasteiger partial charge is 0.347 e. The van der Waals surface area contributed by atoms with Gasteiger partial charge in [0.1, 0.15) is 11.3 Å². The van der Waals surface area contributed by atoms with Gasteiger partial charge in [0.25, 0.3) is 0 Å². The van der Waals surface area contributed by atoms with E-state index in [0.29, 0.717) is 21.2 Å². The van der Waals surface area contributed by atoms with Crippen LogP contribution in [0.25, 0.3) is 11.3 Å². The van der Waals surface area contributed by atoms with Gasteiger partial charge in [-0.1, -0.05) is 23.2 Å². The van der Waals surface area contributed by atoms with E-state index < -0.39 is 17.2 Å². The van der Waals surface area contributed by atoms with E-state index in [-0.39, 0.29) is 16.9 Å². The van der Waals surface area contributed by atoms with E-state index in [0.717, 1.165) is 0 Å². The van der Waals surface area contributed by atoms with Gasteiger partial charge in [0, 0.05) is 26.7 Å². The third-order valence-corrected chi connectivity index (χ3v) is 4.29. The Bertz CT molecular complexity index is 1050. The maximum absolute atomic E-state index is 12.9. The van der Waals surface area contributed by atoms with Gasteiger partial charge in [-0.25, -0.2) is 4.79 Å². The number of hydrogen-bond donors (Lipinski definition) is 0. The fourth-order valence-electron chi connectivity index (χ4n) is 2.52. The van der Waals surface area contributed by atoms with E-state index in [2.05, 4.69) is 0 Å². The van der Waals surface area contributed by atoms with Crippen LogP contribution in [0.2, 0.25) is 10.0 Å².